The number of anilines is 1. The van der Waals surface area contributed by atoms with E-state index >= 15 is 0 Å². The molecule has 1 unspecified atom stereocenters. The van der Waals surface area contributed by atoms with Crippen LogP contribution in [-0.2, 0) is 4.79 Å². The predicted octanol–water partition coefficient (Wildman–Crippen LogP) is 1.86. The van der Waals surface area contributed by atoms with Crippen molar-refractivity contribution in [1.82, 2.24) is 0 Å². The fourth-order valence-electron chi connectivity index (χ4n) is 2.10. The van der Waals surface area contributed by atoms with Gasteiger partial charge in [0.05, 0.1) is 19.6 Å². The molecule has 0 heterocycles. The number of amides is 2. The fourth-order valence-corrected chi connectivity index (χ4v) is 2.10. The number of primary amides is 1. The monoisotopic (exact) mass is 314 g/mol. The van der Waals surface area contributed by atoms with Crippen LogP contribution in [0.1, 0.15) is 28.4 Å². The van der Waals surface area contributed by atoms with Gasteiger partial charge in [-0.25, -0.2) is 0 Å². The molecule has 2 amide bonds. The third-order valence-electron chi connectivity index (χ3n) is 3.26. The quantitative estimate of drug-likeness (QED) is 0.757. The predicted molar refractivity (Wildman–Crippen MR) is 86.2 cm³/mol. The standard InChI is InChI=1S/C17H18N2O4/c1-23-14-7-3-5-12(9-14)17(22)19-13-6-2-4-11(8-13)15(20)10-16(18)21/h2-9,15,20H,10H2,1H3,(H2,18,21)(H,19,22). The van der Waals surface area contributed by atoms with Gasteiger partial charge in [0.15, 0.2) is 0 Å². The van der Waals surface area contributed by atoms with Crippen LogP contribution >= 0.6 is 0 Å². The fraction of sp³-hybridized carbons (Fsp3) is 0.176. The van der Waals surface area contributed by atoms with E-state index in [-0.39, 0.29) is 12.3 Å². The highest BCUT2D eigenvalue weighted by atomic mass is 16.5. The van der Waals surface area contributed by atoms with Crippen molar-refractivity contribution < 1.29 is 19.4 Å². The van der Waals surface area contributed by atoms with E-state index in [2.05, 4.69) is 5.32 Å². The number of hydrogen-bond acceptors (Lipinski definition) is 4. The van der Waals surface area contributed by atoms with Crippen molar-refractivity contribution in [3.8, 4) is 5.75 Å². The molecule has 6 heteroatoms. The van der Waals surface area contributed by atoms with E-state index in [9.17, 15) is 14.7 Å². The minimum Gasteiger partial charge on any atom is -0.497 e. The lowest BCUT2D eigenvalue weighted by Gasteiger charge is -2.11. The first kappa shape index (κ1) is 16.5. The van der Waals surface area contributed by atoms with Gasteiger partial charge in [0.1, 0.15) is 5.75 Å². The normalized spacial score (nSPS) is 11.6. The second-order valence-electron chi connectivity index (χ2n) is 5.00. The van der Waals surface area contributed by atoms with Gasteiger partial charge in [0.25, 0.3) is 5.91 Å². The van der Waals surface area contributed by atoms with Gasteiger partial charge in [-0.05, 0) is 35.9 Å². The number of aliphatic hydroxyl groups is 1. The van der Waals surface area contributed by atoms with Crippen LogP contribution < -0.4 is 15.8 Å². The number of ether oxygens (including phenoxy) is 1. The lowest BCUT2D eigenvalue weighted by Crippen LogP contribution is -2.15. The Kier molecular flexibility index (Phi) is 5.32. The van der Waals surface area contributed by atoms with Gasteiger partial charge in [-0.2, -0.15) is 0 Å². The number of rotatable bonds is 6. The Morgan fingerprint density at radius 1 is 1.22 bits per heavy atom. The molecule has 120 valence electrons. The van der Waals surface area contributed by atoms with E-state index in [1.54, 1.807) is 48.5 Å². The lowest BCUT2D eigenvalue weighted by atomic mass is 10.1. The van der Waals surface area contributed by atoms with Gasteiger partial charge in [-0.1, -0.05) is 18.2 Å². The molecule has 0 bridgehead atoms. The van der Waals surface area contributed by atoms with Crippen LogP contribution in [0.4, 0.5) is 5.69 Å². The third-order valence-corrected chi connectivity index (χ3v) is 3.26. The molecule has 0 aliphatic carbocycles. The van der Waals surface area contributed by atoms with E-state index in [4.69, 9.17) is 10.5 Å². The molecule has 1 atom stereocenters. The second kappa shape index (κ2) is 7.42. The minimum atomic E-state index is -0.999. The first-order valence-corrected chi connectivity index (χ1v) is 7.01. The van der Waals surface area contributed by atoms with Crippen LogP contribution in [0.3, 0.4) is 0 Å². The Morgan fingerprint density at radius 2 is 1.96 bits per heavy atom. The molecule has 0 radical (unpaired) electrons. The number of hydrogen-bond donors (Lipinski definition) is 3. The third kappa shape index (κ3) is 4.55. The van der Waals surface area contributed by atoms with Gasteiger partial charge in [-0.3, -0.25) is 9.59 Å². The van der Waals surface area contributed by atoms with Crippen molar-refractivity contribution in [2.45, 2.75) is 12.5 Å². The lowest BCUT2D eigenvalue weighted by molar-refractivity contribution is -0.119. The maximum absolute atomic E-state index is 12.2. The van der Waals surface area contributed by atoms with Gasteiger partial charge >= 0.3 is 0 Å². The average molecular weight is 314 g/mol. The summed E-state index contributed by atoms with van der Waals surface area (Å²) in [5, 5.41) is 12.6. The van der Waals surface area contributed by atoms with E-state index in [1.807, 2.05) is 0 Å². The van der Waals surface area contributed by atoms with Crippen LogP contribution in [0.25, 0.3) is 0 Å². The first-order valence-electron chi connectivity index (χ1n) is 7.01. The molecule has 2 rings (SSSR count). The Morgan fingerprint density at radius 3 is 2.65 bits per heavy atom. The molecule has 0 fully saturated rings. The molecule has 0 aliphatic rings. The molecule has 6 nitrogen and oxygen atoms in total. The summed E-state index contributed by atoms with van der Waals surface area (Å²) >= 11 is 0. The zero-order valence-corrected chi connectivity index (χ0v) is 12.7. The number of carbonyl (C=O) groups excluding carboxylic acids is 2. The van der Waals surface area contributed by atoms with Crippen LogP contribution in [0.2, 0.25) is 0 Å². The van der Waals surface area contributed by atoms with E-state index in [0.717, 1.165) is 0 Å². The maximum Gasteiger partial charge on any atom is 0.255 e. The number of nitrogens with one attached hydrogen (secondary N) is 1. The molecule has 23 heavy (non-hydrogen) atoms. The number of benzene rings is 2. The molecule has 0 spiro atoms. The Bertz CT molecular complexity index is 715. The highest BCUT2D eigenvalue weighted by Crippen LogP contribution is 2.21. The van der Waals surface area contributed by atoms with Crippen LogP contribution in [0.5, 0.6) is 5.75 Å². The maximum atomic E-state index is 12.2. The Balaban J connectivity index is 2.13. The summed E-state index contributed by atoms with van der Waals surface area (Å²) in [7, 11) is 1.53. The molecular formula is C17H18N2O4. The second-order valence-corrected chi connectivity index (χ2v) is 5.00. The van der Waals surface area contributed by atoms with Crippen LogP contribution in [-0.4, -0.2) is 24.0 Å². The molecular weight excluding hydrogens is 296 g/mol. The molecule has 2 aromatic rings. The minimum absolute atomic E-state index is 0.173. The largest absolute Gasteiger partial charge is 0.497 e. The number of aliphatic hydroxyl groups excluding tert-OH is 1. The summed E-state index contributed by atoms with van der Waals surface area (Å²) in [6.45, 7) is 0. The zero-order chi connectivity index (χ0) is 16.8. The summed E-state index contributed by atoms with van der Waals surface area (Å²) in [6.07, 6.45) is -1.17. The van der Waals surface area contributed by atoms with Crippen molar-refractivity contribution in [2.24, 2.45) is 5.73 Å². The SMILES string of the molecule is COc1cccc(C(=O)Nc2cccc(C(O)CC(N)=O)c2)c1. The van der Waals surface area contributed by atoms with E-state index < -0.39 is 12.0 Å². The van der Waals surface area contributed by atoms with E-state index in [1.165, 1.54) is 7.11 Å². The average Bonchev–Trinajstić information content (AvgIpc) is 2.54. The molecule has 0 saturated carbocycles. The molecule has 0 saturated heterocycles. The van der Waals surface area contributed by atoms with Crippen molar-refractivity contribution in [2.75, 3.05) is 12.4 Å². The zero-order valence-electron chi connectivity index (χ0n) is 12.7. The highest BCUT2D eigenvalue weighted by molar-refractivity contribution is 6.04. The Hall–Kier alpha value is -2.86. The van der Waals surface area contributed by atoms with E-state index in [0.29, 0.717) is 22.6 Å². The molecule has 4 N–H and O–H groups in total. The molecule has 0 aliphatic heterocycles. The number of nitrogens with two attached hydrogens (primary N) is 1. The van der Waals surface area contributed by atoms with Crippen molar-refractivity contribution >= 4 is 17.5 Å². The van der Waals surface area contributed by atoms with Gasteiger partial charge in [0.2, 0.25) is 5.91 Å². The summed E-state index contributed by atoms with van der Waals surface area (Å²) in [5.74, 6) is -0.308. The summed E-state index contributed by atoms with van der Waals surface area (Å²) in [6, 6.07) is 13.4. The summed E-state index contributed by atoms with van der Waals surface area (Å²) < 4.78 is 5.09. The van der Waals surface area contributed by atoms with Gasteiger partial charge in [-0.15, -0.1) is 0 Å². The van der Waals surface area contributed by atoms with Crippen LogP contribution in [0.15, 0.2) is 48.5 Å². The van der Waals surface area contributed by atoms with Gasteiger partial charge < -0.3 is 20.9 Å². The summed E-state index contributed by atoms with van der Waals surface area (Å²) in [5.41, 5.74) is 6.54. The Labute approximate surface area is 133 Å². The first-order chi connectivity index (χ1) is 11.0. The van der Waals surface area contributed by atoms with Crippen molar-refractivity contribution in [1.29, 1.82) is 0 Å². The van der Waals surface area contributed by atoms with Crippen molar-refractivity contribution in [3.63, 3.8) is 0 Å². The number of methoxy groups -OCH3 is 1. The van der Waals surface area contributed by atoms with Crippen molar-refractivity contribution in [3.05, 3.63) is 59.7 Å². The highest BCUT2D eigenvalue weighted by Gasteiger charge is 2.12. The topological polar surface area (TPSA) is 102 Å². The van der Waals surface area contributed by atoms with Gasteiger partial charge in [0, 0.05) is 11.3 Å². The van der Waals surface area contributed by atoms with Crippen LogP contribution in [0, 0.1) is 0 Å². The molecule has 0 aromatic heterocycles. The smallest absolute Gasteiger partial charge is 0.255 e. The number of carbonyl (C=O) groups is 2. The molecule has 2 aromatic carbocycles. The summed E-state index contributed by atoms with van der Waals surface area (Å²) in [4.78, 5) is 23.1.